The molecule has 21 heavy (non-hydrogen) atoms. The van der Waals surface area contributed by atoms with E-state index in [-0.39, 0.29) is 24.3 Å². The van der Waals surface area contributed by atoms with Gasteiger partial charge in [-0.3, -0.25) is 9.59 Å². The Hall–Kier alpha value is -1.59. The van der Waals surface area contributed by atoms with E-state index in [1.54, 1.807) is 34.6 Å². The van der Waals surface area contributed by atoms with Crippen molar-refractivity contribution in [3.63, 3.8) is 0 Å². The molecule has 0 radical (unpaired) electrons. The molecule has 0 aromatic carbocycles. The van der Waals surface area contributed by atoms with E-state index in [4.69, 9.17) is 9.47 Å². The minimum atomic E-state index is -0.702. The Balaban J connectivity index is 4.79. The summed E-state index contributed by atoms with van der Waals surface area (Å²) in [4.78, 5) is 35.8. The van der Waals surface area contributed by atoms with E-state index < -0.39 is 11.7 Å². The number of hydrogen-bond donors (Lipinski definition) is 0. The first-order valence-corrected chi connectivity index (χ1v) is 7.27. The monoisotopic (exact) mass is 301 g/mol. The van der Waals surface area contributed by atoms with Crippen molar-refractivity contribution in [3.05, 3.63) is 0 Å². The SMILES string of the molecule is CCOC(=O)C(C)C(CC)CN(C=O)C(=O)OC(C)(C)C. The molecule has 0 aliphatic rings. The van der Waals surface area contributed by atoms with Crippen molar-refractivity contribution in [2.45, 2.75) is 53.6 Å². The van der Waals surface area contributed by atoms with Crippen molar-refractivity contribution in [3.8, 4) is 0 Å². The standard InChI is InChI=1S/C15H27NO5/c1-7-12(11(3)13(18)20-8-2)9-16(10-17)14(19)21-15(4,5)6/h10-12H,7-9H2,1-6H3. The quantitative estimate of drug-likeness (QED) is 0.534. The number of ether oxygens (including phenoxy) is 2. The average molecular weight is 301 g/mol. The van der Waals surface area contributed by atoms with Crippen LogP contribution in [0.3, 0.4) is 0 Å². The van der Waals surface area contributed by atoms with E-state index in [2.05, 4.69) is 0 Å². The van der Waals surface area contributed by atoms with Gasteiger partial charge in [-0.2, -0.15) is 0 Å². The molecule has 0 aromatic heterocycles. The van der Waals surface area contributed by atoms with Crippen LogP contribution in [0, 0.1) is 11.8 Å². The van der Waals surface area contributed by atoms with Crippen LogP contribution in [-0.4, -0.2) is 42.1 Å². The van der Waals surface area contributed by atoms with Crippen LogP contribution in [0.15, 0.2) is 0 Å². The third-order valence-electron chi connectivity index (χ3n) is 3.08. The molecule has 0 rings (SSSR count). The molecule has 0 saturated heterocycles. The fourth-order valence-electron chi connectivity index (χ4n) is 1.84. The number of nitrogens with zero attached hydrogens (tertiary/aromatic N) is 1. The van der Waals surface area contributed by atoms with Gasteiger partial charge in [-0.25, -0.2) is 9.69 Å². The molecule has 6 nitrogen and oxygen atoms in total. The first-order chi connectivity index (χ1) is 9.66. The van der Waals surface area contributed by atoms with Crippen LogP contribution in [0.4, 0.5) is 4.79 Å². The van der Waals surface area contributed by atoms with Crippen molar-refractivity contribution < 1.29 is 23.9 Å². The molecular weight excluding hydrogens is 274 g/mol. The van der Waals surface area contributed by atoms with Crippen LogP contribution in [-0.2, 0) is 19.1 Å². The zero-order valence-electron chi connectivity index (χ0n) is 13.8. The van der Waals surface area contributed by atoms with E-state index in [1.165, 1.54) is 0 Å². The van der Waals surface area contributed by atoms with Gasteiger partial charge >= 0.3 is 12.1 Å². The summed E-state index contributed by atoms with van der Waals surface area (Å²) in [6.45, 7) is 11.0. The highest BCUT2D eigenvalue weighted by molar-refractivity contribution is 5.80. The lowest BCUT2D eigenvalue weighted by molar-refractivity contribution is -0.150. The van der Waals surface area contributed by atoms with Crippen LogP contribution in [0.2, 0.25) is 0 Å². The summed E-state index contributed by atoms with van der Waals surface area (Å²) in [6.07, 6.45) is 0.383. The van der Waals surface area contributed by atoms with Gasteiger partial charge in [0.2, 0.25) is 6.41 Å². The smallest absolute Gasteiger partial charge is 0.416 e. The maximum absolute atomic E-state index is 11.9. The van der Waals surface area contributed by atoms with Crippen molar-refractivity contribution >= 4 is 18.5 Å². The lowest BCUT2D eigenvalue weighted by Crippen LogP contribution is -2.41. The van der Waals surface area contributed by atoms with Crippen molar-refractivity contribution in [2.75, 3.05) is 13.2 Å². The van der Waals surface area contributed by atoms with Gasteiger partial charge < -0.3 is 9.47 Å². The Kier molecular flexibility index (Phi) is 7.99. The average Bonchev–Trinajstić information content (AvgIpc) is 2.37. The van der Waals surface area contributed by atoms with Gasteiger partial charge in [-0.1, -0.05) is 20.3 Å². The number of amides is 2. The van der Waals surface area contributed by atoms with E-state index in [9.17, 15) is 14.4 Å². The Morgan fingerprint density at radius 1 is 1.24 bits per heavy atom. The van der Waals surface area contributed by atoms with Crippen LogP contribution in [0.25, 0.3) is 0 Å². The maximum atomic E-state index is 11.9. The number of imide groups is 1. The van der Waals surface area contributed by atoms with Crippen LogP contribution in [0.1, 0.15) is 48.0 Å². The van der Waals surface area contributed by atoms with Crippen molar-refractivity contribution in [1.82, 2.24) is 4.90 Å². The molecule has 0 aliphatic heterocycles. The molecule has 0 aromatic rings. The first kappa shape index (κ1) is 19.4. The van der Waals surface area contributed by atoms with Crippen molar-refractivity contribution in [1.29, 1.82) is 0 Å². The second-order valence-corrected chi connectivity index (χ2v) is 5.95. The number of hydrogen-bond acceptors (Lipinski definition) is 5. The molecule has 2 atom stereocenters. The molecule has 2 unspecified atom stereocenters. The molecule has 0 saturated carbocycles. The van der Waals surface area contributed by atoms with Gasteiger partial charge in [0.25, 0.3) is 0 Å². The Morgan fingerprint density at radius 3 is 2.19 bits per heavy atom. The molecule has 2 amide bonds. The zero-order valence-corrected chi connectivity index (χ0v) is 13.8. The van der Waals surface area contributed by atoms with Gasteiger partial charge in [-0.15, -0.1) is 0 Å². The van der Waals surface area contributed by atoms with Crippen molar-refractivity contribution in [2.24, 2.45) is 11.8 Å². The van der Waals surface area contributed by atoms with Gasteiger partial charge in [-0.05, 0) is 33.6 Å². The number of rotatable bonds is 7. The summed E-state index contributed by atoms with van der Waals surface area (Å²) in [7, 11) is 0. The number of carbonyl (C=O) groups excluding carboxylic acids is 3. The number of carbonyl (C=O) groups is 3. The molecule has 0 fully saturated rings. The molecule has 0 N–H and O–H groups in total. The number of esters is 1. The topological polar surface area (TPSA) is 72.9 Å². The van der Waals surface area contributed by atoms with Gasteiger partial charge in [0.05, 0.1) is 12.5 Å². The van der Waals surface area contributed by atoms with Gasteiger partial charge in [0.15, 0.2) is 0 Å². The van der Waals surface area contributed by atoms with E-state index >= 15 is 0 Å². The summed E-state index contributed by atoms with van der Waals surface area (Å²) in [6, 6.07) is 0. The maximum Gasteiger partial charge on any atom is 0.416 e. The Labute approximate surface area is 126 Å². The molecule has 0 bridgehead atoms. The largest absolute Gasteiger partial charge is 0.466 e. The summed E-state index contributed by atoms with van der Waals surface area (Å²) < 4.78 is 10.1. The molecule has 0 aliphatic carbocycles. The van der Waals surface area contributed by atoms with Gasteiger partial charge in [0, 0.05) is 6.54 Å². The summed E-state index contributed by atoms with van der Waals surface area (Å²) in [5.74, 6) is -0.874. The molecular formula is C15H27NO5. The van der Waals surface area contributed by atoms with E-state index in [0.29, 0.717) is 19.4 Å². The Morgan fingerprint density at radius 2 is 1.81 bits per heavy atom. The molecule has 0 spiro atoms. The minimum absolute atomic E-state index is 0.134. The van der Waals surface area contributed by atoms with E-state index in [1.807, 2.05) is 6.92 Å². The minimum Gasteiger partial charge on any atom is -0.466 e. The lowest BCUT2D eigenvalue weighted by atomic mass is 9.91. The molecule has 0 heterocycles. The summed E-state index contributed by atoms with van der Waals surface area (Å²) in [5, 5.41) is 0. The fourth-order valence-corrected chi connectivity index (χ4v) is 1.84. The molecule has 6 heteroatoms. The highest BCUT2D eigenvalue weighted by Crippen LogP contribution is 2.19. The van der Waals surface area contributed by atoms with Crippen LogP contribution >= 0.6 is 0 Å². The normalized spacial score (nSPS) is 14.0. The highest BCUT2D eigenvalue weighted by atomic mass is 16.6. The first-order valence-electron chi connectivity index (χ1n) is 7.27. The Bertz CT molecular complexity index is 362. The zero-order chi connectivity index (χ0) is 16.6. The molecule has 122 valence electrons. The second kappa shape index (κ2) is 8.64. The predicted molar refractivity (Wildman–Crippen MR) is 78.6 cm³/mol. The third-order valence-corrected chi connectivity index (χ3v) is 3.08. The fraction of sp³-hybridized carbons (Fsp3) is 0.800. The third kappa shape index (κ3) is 7.11. The summed E-state index contributed by atoms with van der Waals surface area (Å²) >= 11 is 0. The summed E-state index contributed by atoms with van der Waals surface area (Å²) in [5.41, 5.74) is -0.674. The lowest BCUT2D eigenvalue weighted by Gasteiger charge is -2.28. The van der Waals surface area contributed by atoms with Gasteiger partial charge in [0.1, 0.15) is 5.60 Å². The predicted octanol–water partition coefficient (Wildman–Crippen LogP) is 2.61. The second-order valence-electron chi connectivity index (χ2n) is 5.95. The van der Waals surface area contributed by atoms with E-state index in [0.717, 1.165) is 4.90 Å². The van der Waals surface area contributed by atoms with Crippen LogP contribution < -0.4 is 0 Å². The van der Waals surface area contributed by atoms with Crippen LogP contribution in [0.5, 0.6) is 0 Å². The highest BCUT2D eigenvalue weighted by Gasteiger charge is 2.29.